The normalized spacial score (nSPS) is 11.8. The summed E-state index contributed by atoms with van der Waals surface area (Å²) < 4.78 is 11.3. The van der Waals surface area contributed by atoms with Gasteiger partial charge in [0.1, 0.15) is 11.2 Å². The van der Waals surface area contributed by atoms with Crippen LogP contribution in [0.15, 0.2) is 211 Å². The van der Waals surface area contributed by atoms with E-state index in [9.17, 15) is 10.5 Å². The molecule has 5 nitrogen and oxygen atoms in total. The molecule has 0 unspecified atom stereocenters. The number of para-hydroxylation sites is 3. The minimum atomic E-state index is -3.23. The Kier molecular flexibility index (Phi) is 7.92. The summed E-state index contributed by atoms with van der Waals surface area (Å²) in [6, 6.07) is 77.5. The highest BCUT2D eigenvalue weighted by Gasteiger charge is 2.42. The van der Waals surface area contributed by atoms with Crippen LogP contribution in [-0.4, -0.2) is 17.2 Å². The Labute approximate surface area is 357 Å². The first-order valence-electron chi connectivity index (χ1n) is 20.7. The van der Waals surface area contributed by atoms with Crippen LogP contribution in [0.3, 0.4) is 0 Å². The van der Waals surface area contributed by atoms with Crippen LogP contribution in [0, 0.1) is 22.7 Å². The largest absolute Gasteiger partial charge is 0.455 e. The Morgan fingerprint density at radius 3 is 1.69 bits per heavy atom. The first-order valence-corrected chi connectivity index (χ1v) is 22.7. The minimum absolute atomic E-state index is 0.578. The number of hydrogen-bond acceptors (Lipinski definition) is 3. The van der Waals surface area contributed by atoms with Crippen molar-refractivity contribution in [2.45, 2.75) is 0 Å². The van der Waals surface area contributed by atoms with E-state index in [2.05, 4.69) is 179 Å². The maximum Gasteiger partial charge on any atom is 0.179 e. The van der Waals surface area contributed by atoms with Crippen LogP contribution >= 0.6 is 0 Å². The monoisotopic (exact) mass is 806 g/mol. The molecular weight excluding hydrogens is 773 g/mol. The van der Waals surface area contributed by atoms with Crippen LogP contribution in [0.4, 0.5) is 0 Å². The highest BCUT2D eigenvalue weighted by Crippen LogP contribution is 2.40. The third-order valence-electron chi connectivity index (χ3n) is 12.7. The Morgan fingerprint density at radius 1 is 0.371 bits per heavy atom. The second kappa shape index (κ2) is 13.8. The van der Waals surface area contributed by atoms with Gasteiger partial charge in [-0.25, -0.2) is 0 Å². The maximum atomic E-state index is 10.9. The predicted molar refractivity (Wildman–Crippen MR) is 255 cm³/mol. The molecule has 0 spiro atoms. The quantitative estimate of drug-likeness (QED) is 0.124. The first kappa shape index (κ1) is 35.5. The molecule has 0 atom stereocenters. The molecule has 12 rings (SSSR count). The van der Waals surface area contributed by atoms with E-state index in [0.717, 1.165) is 82.1 Å². The summed E-state index contributed by atoms with van der Waals surface area (Å²) in [5.41, 5.74) is 9.05. The van der Waals surface area contributed by atoms with Crippen LogP contribution in [0.25, 0.3) is 76.9 Å². The lowest BCUT2D eigenvalue weighted by atomic mass is 10.1. The van der Waals surface area contributed by atoms with Gasteiger partial charge in [-0.2, -0.15) is 10.5 Å². The van der Waals surface area contributed by atoms with Gasteiger partial charge in [0.25, 0.3) is 0 Å². The van der Waals surface area contributed by atoms with Crippen LogP contribution in [0.2, 0.25) is 0 Å². The number of hydrogen-bond donors (Lipinski definition) is 0. The minimum Gasteiger partial charge on any atom is -0.455 e. The van der Waals surface area contributed by atoms with Crippen molar-refractivity contribution in [2.75, 3.05) is 0 Å². The molecule has 0 aliphatic rings. The van der Waals surface area contributed by atoms with Crippen molar-refractivity contribution in [3.63, 3.8) is 0 Å². The summed E-state index contributed by atoms with van der Waals surface area (Å²) in [5, 5.41) is 31.9. The molecule has 9 aromatic carbocycles. The molecule has 0 saturated carbocycles. The van der Waals surface area contributed by atoms with Crippen LogP contribution in [0.1, 0.15) is 11.1 Å². The standard InChI is InChI=1S/C56H34N4OSi/c57-35-37-26-28-52-49(32-37)45-20-7-10-23-50(45)60(52)40-30-38(36-58)31-44(34-40)62(41-15-3-1-4-16-41,42-17-5-2-6-18-42)43-19-13-14-39(33-43)59-51-24-11-8-22-48(51)55-53(59)29-27-47-46-21-9-12-25-54(46)61-56(47)55/h1-34H. The Bertz CT molecular complexity index is 3810. The van der Waals surface area contributed by atoms with E-state index in [-0.39, 0.29) is 0 Å². The first-order chi connectivity index (χ1) is 30.6. The lowest BCUT2D eigenvalue weighted by Crippen LogP contribution is -2.74. The van der Waals surface area contributed by atoms with Gasteiger partial charge in [0.2, 0.25) is 0 Å². The number of nitrogens with zero attached hydrogens (tertiary/aromatic N) is 4. The Hall–Kier alpha value is -8.42. The number of fused-ring (bicyclic) bond motifs is 10. The zero-order valence-electron chi connectivity index (χ0n) is 33.3. The number of furan rings is 1. The second-order valence-electron chi connectivity index (χ2n) is 15.9. The molecule has 62 heavy (non-hydrogen) atoms. The van der Waals surface area contributed by atoms with Crippen molar-refractivity contribution >= 4 is 94.4 Å². The van der Waals surface area contributed by atoms with E-state index in [1.165, 1.54) is 15.6 Å². The number of benzene rings is 9. The Morgan fingerprint density at radius 2 is 0.952 bits per heavy atom. The number of aromatic nitrogens is 2. The summed E-state index contributed by atoms with van der Waals surface area (Å²) in [5.74, 6) is 0. The number of nitriles is 2. The molecule has 0 aliphatic carbocycles. The van der Waals surface area contributed by atoms with Crippen LogP contribution < -0.4 is 20.7 Å². The van der Waals surface area contributed by atoms with Crippen molar-refractivity contribution in [3.8, 4) is 23.5 Å². The van der Waals surface area contributed by atoms with Crippen molar-refractivity contribution in [2.24, 2.45) is 0 Å². The smallest absolute Gasteiger partial charge is 0.179 e. The van der Waals surface area contributed by atoms with Crippen molar-refractivity contribution < 1.29 is 4.42 Å². The second-order valence-corrected chi connectivity index (χ2v) is 19.7. The van der Waals surface area contributed by atoms with Crippen molar-refractivity contribution in [1.82, 2.24) is 9.13 Å². The third kappa shape index (κ3) is 5.12. The van der Waals surface area contributed by atoms with E-state index in [1.54, 1.807) is 0 Å². The van der Waals surface area contributed by atoms with E-state index in [4.69, 9.17) is 4.42 Å². The van der Waals surface area contributed by atoms with E-state index < -0.39 is 8.07 Å². The summed E-state index contributed by atoms with van der Waals surface area (Å²) in [6.45, 7) is 0. The predicted octanol–water partition coefficient (Wildman–Crippen LogP) is 10.9. The van der Waals surface area contributed by atoms with Gasteiger partial charge in [-0.3, -0.25) is 0 Å². The molecule has 12 aromatic rings. The zero-order valence-corrected chi connectivity index (χ0v) is 34.3. The molecule has 288 valence electrons. The molecule has 0 saturated heterocycles. The molecule has 3 heterocycles. The summed E-state index contributed by atoms with van der Waals surface area (Å²) >= 11 is 0. The summed E-state index contributed by atoms with van der Waals surface area (Å²) in [6.07, 6.45) is 0. The van der Waals surface area contributed by atoms with Gasteiger partial charge in [0.15, 0.2) is 8.07 Å². The van der Waals surface area contributed by atoms with E-state index in [1.807, 2.05) is 48.5 Å². The van der Waals surface area contributed by atoms with E-state index >= 15 is 0 Å². The molecule has 3 aromatic heterocycles. The summed E-state index contributed by atoms with van der Waals surface area (Å²) in [7, 11) is -3.23. The van der Waals surface area contributed by atoms with E-state index in [0.29, 0.717) is 11.1 Å². The van der Waals surface area contributed by atoms with Gasteiger partial charge in [-0.05, 0) is 99.6 Å². The lowest BCUT2D eigenvalue weighted by molar-refractivity contribution is 0.673. The molecule has 0 bridgehead atoms. The molecular formula is C56H34N4OSi. The fraction of sp³-hybridized carbons (Fsp3) is 0. The summed E-state index contributed by atoms with van der Waals surface area (Å²) in [4.78, 5) is 0. The van der Waals surface area contributed by atoms with Crippen LogP contribution in [0.5, 0.6) is 0 Å². The molecule has 0 amide bonds. The van der Waals surface area contributed by atoms with Crippen molar-refractivity contribution in [1.29, 1.82) is 10.5 Å². The molecule has 0 N–H and O–H groups in total. The molecule has 0 aliphatic heterocycles. The molecule has 0 radical (unpaired) electrons. The lowest BCUT2D eigenvalue weighted by Gasteiger charge is -2.35. The topological polar surface area (TPSA) is 70.6 Å². The average Bonchev–Trinajstić information content (AvgIpc) is 4.00. The third-order valence-corrected chi connectivity index (χ3v) is 17.4. The van der Waals surface area contributed by atoms with Gasteiger partial charge >= 0.3 is 0 Å². The highest BCUT2D eigenvalue weighted by atomic mass is 28.3. The van der Waals surface area contributed by atoms with Crippen molar-refractivity contribution in [3.05, 3.63) is 217 Å². The zero-order chi connectivity index (χ0) is 41.4. The Balaban J connectivity index is 1.17. The SMILES string of the molecule is N#Cc1cc(-n2c3ccccc3c3cc(C#N)ccc32)cc([Si](c2ccccc2)(c2ccccc2)c2cccc(-n3c4ccccc4c4c5oc6ccccc6c5ccc43)c2)c1. The van der Waals surface area contributed by atoms with Crippen LogP contribution in [-0.2, 0) is 0 Å². The highest BCUT2D eigenvalue weighted by molar-refractivity contribution is 7.20. The average molecular weight is 807 g/mol. The molecule has 6 heteroatoms. The van der Waals surface area contributed by atoms with Gasteiger partial charge < -0.3 is 13.6 Å². The fourth-order valence-corrected chi connectivity index (χ4v) is 14.9. The number of rotatable bonds is 6. The maximum absolute atomic E-state index is 10.9. The fourth-order valence-electron chi connectivity index (χ4n) is 10.1. The van der Waals surface area contributed by atoms with Gasteiger partial charge in [0.05, 0.1) is 50.7 Å². The van der Waals surface area contributed by atoms with Gasteiger partial charge in [-0.1, -0.05) is 127 Å². The van der Waals surface area contributed by atoms with Gasteiger partial charge in [-0.15, -0.1) is 0 Å². The van der Waals surface area contributed by atoms with Gasteiger partial charge in [0, 0.05) is 38.3 Å². The molecule has 0 fully saturated rings.